The van der Waals surface area contributed by atoms with Crippen LogP contribution in [0.25, 0.3) is 22.4 Å². The van der Waals surface area contributed by atoms with E-state index in [1.54, 1.807) is 13.8 Å². The second kappa shape index (κ2) is 7.12. The number of nitrogens with zero attached hydrogens (tertiary/aromatic N) is 5. The lowest BCUT2D eigenvalue weighted by Gasteiger charge is -2.28. The minimum absolute atomic E-state index is 0.0937. The van der Waals surface area contributed by atoms with Gasteiger partial charge in [0.2, 0.25) is 0 Å². The van der Waals surface area contributed by atoms with E-state index < -0.39 is 28.8 Å². The summed E-state index contributed by atoms with van der Waals surface area (Å²) in [6, 6.07) is 6.54. The van der Waals surface area contributed by atoms with Gasteiger partial charge < -0.3 is 9.30 Å². The normalized spacial score (nSPS) is 12.1. The Labute approximate surface area is 169 Å². The van der Waals surface area contributed by atoms with Crippen molar-refractivity contribution >= 4 is 11.0 Å². The van der Waals surface area contributed by atoms with E-state index in [4.69, 9.17) is 4.74 Å². The van der Waals surface area contributed by atoms with Crippen LogP contribution in [0.15, 0.2) is 30.3 Å². The summed E-state index contributed by atoms with van der Waals surface area (Å²) in [4.78, 5) is 0. The molecule has 0 saturated carbocycles. The average molecular weight is 416 g/mol. The molecule has 0 saturated heterocycles. The van der Waals surface area contributed by atoms with Crippen LogP contribution >= 0.6 is 0 Å². The maximum Gasteiger partial charge on any atom is 0.192 e. The molecule has 0 aliphatic rings. The van der Waals surface area contributed by atoms with Gasteiger partial charge in [-0.3, -0.25) is 5.10 Å². The van der Waals surface area contributed by atoms with E-state index in [0.29, 0.717) is 29.3 Å². The summed E-state index contributed by atoms with van der Waals surface area (Å²) >= 11 is 0. The third kappa shape index (κ3) is 3.38. The van der Waals surface area contributed by atoms with Gasteiger partial charge in [0.05, 0.1) is 5.52 Å². The van der Waals surface area contributed by atoms with Crippen LogP contribution in [0.5, 0.6) is 5.75 Å². The van der Waals surface area contributed by atoms with Crippen molar-refractivity contribution in [3.05, 3.63) is 53.6 Å². The lowest BCUT2D eigenvalue weighted by Crippen LogP contribution is -2.31. The largest absolute Gasteiger partial charge is 0.474 e. The van der Waals surface area contributed by atoms with Crippen LogP contribution in [0.1, 0.15) is 39.6 Å². The molecular formula is C20H19F3N6O. The number of fused-ring (bicyclic) bond motifs is 1. The Balaban J connectivity index is 1.79. The SMILES string of the molecule is CC(C)n1c(-c2ccc3[nH]nnc3c2)nnc1C(C)(C)Oc1c(F)cc(F)cc1F. The molecule has 0 bridgehead atoms. The number of benzene rings is 2. The zero-order valence-corrected chi connectivity index (χ0v) is 16.7. The number of aromatic nitrogens is 6. The molecule has 4 aromatic rings. The third-order valence-electron chi connectivity index (χ3n) is 4.66. The molecule has 7 nitrogen and oxygen atoms in total. The first kappa shape index (κ1) is 19.9. The number of halogens is 3. The fraction of sp³-hybridized carbons (Fsp3) is 0.300. The molecule has 0 atom stereocenters. The molecular weight excluding hydrogens is 397 g/mol. The van der Waals surface area contributed by atoms with Crippen molar-refractivity contribution in [2.75, 3.05) is 0 Å². The van der Waals surface area contributed by atoms with E-state index in [2.05, 4.69) is 25.6 Å². The average Bonchev–Trinajstić information content (AvgIpc) is 3.31. The van der Waals surface area contributed by atoms with Crippen LogP contribution in [0.4, 0.5) is 13.2 Å². The molecule has 0 aliphatic carbocycles. The monoisotopic (exact) mass is 416 g/mol. The Kier molecular flexibility index (Phi) is 4.71. The number of hydrogen-bond acceptors (Lipinski definition) is 5. The number of H-pyrrole nitrogens is 1. The maximum atomic E-state index is 14.1. The van der Waals surface area contributed by atoms with Crippen molar-refractivity contribution in [1.29, 1.82) is 0 Å². The van der Waals surface area contributed by atoms with Gasteiger partial charge in [-0.05, 0) is 45.9 Å². The molecule has 2 aromatic carbocycles. The fourth-order valence-corrected chi connectivity index (χ4v) is 3.30. The molecule has 0 amide bonds. The van der Waals surface area contributed by atoms with E-state index in [1.807, 2.05) is 36.6 Å². The number of aromatic amines is 1. The molecule has 30 heavy (non-hydrogen) atoms. The van der Waals surface area contributed by atoms with Crippen molar-refractivity contribution in [3.63, 3.8) is 0 Å². The predicted octanol–water partition coefficient (Wildman–Crippen LogP) is 4.53. The molecule has 10 heteroatoms. The molecule has 0 fully saturated rings. The second-order valence-corrected chi connectivity index (χ2v) is 7.67. The molecule has 0 radical (unpaired) electrons. The number of hydrogen-bond donors (Lipinski definition) is 1. The molecule has 4 rings (SSSR count). The van der Waals surface area contributed by atoms with Gasteiger partial charge in [-0.15, -0.1) is 15.3 Å². The summed E-state index contributed by atoms with van der Waals surface area (Å²) in [7, 11) is 0. The van der Waals surface area contributed by atoms with E-state index >= 15 is 0 Å². The van der Waals surface area contributed by atoms with Crippen LogP contribution in [0.2, 0.25) is 0 Å². The molecule has 1 N–H and O–H groups in total. The second-order valence-electron chi connectivity index (χ2n) is 7.67. The summed E-state index contributed by atoms with van der Waals surface area (Å²) in [5.41, 5.74) is 0.921. The van der Waals surface area contributed by atoms with Crippen LogP contribution in [-0.2, 0) is 5.60 Å². The molecule has 2 aromatic heterocycles. The Bertz CT molecular complexity index is 1210. The van der Waals surface area contributed by atoms with Crippen molar-refractivity contribution in [2.45, 2.75) is 39.3 Å². The highest BCUT2D eigenvalue weighted by Gasteiger charge is 2.34. The maximum absolute atomic E-state index is 14.1. The summed E-state index contributed by atoms with van der Waals surface area (Å²) in [5.74, 6) is -3.06. The van der Waals surface area contributed by atoms with Crippen LogP contribution in [-0.4, -0.2) is 30.2 Å². The van der Waals surface area contributed by atoms with Gasteiger partial charge in [0.1, 0.15) is 11.3 Å². The van der Waals surface area contributed by atoms with Crippen molar-refractivity contribution in [1.82, 2.24) is 30.2 Å². The molecule has 0 aliphatic heterocycles. The number of ether oxygens (including phenoxy) is 1. The standard InChI is InChI=1S/C20H19F3N6O/c1-10(2)29-18(11-5-6-15-16(7-11)25-28-24-15)26-27-19(29)20(3,4)30-17-13(22)8-12(21)9-14(17)23/h5-10H,1-4H3,(H,24,25,28). The summed E-state index contributed by atoms with van der Waals surface area (Å²) in [5, 5.41) is 19.1. The van der Waals surface area contributed by atoms with Crippen LogP contribution in [0, 0.1) is 17.5 Å². The quantitative estimate of drug-likeness (QED) is 0.517. The Morgan fingerprint density at radius 1 is 1.00 bits per heavy atom. The smallest absolute Gasteiger partial charge is 0.192 e. The molecule has 2 heterocycles. The zero-order valence-electron chi connectivity index (χ0n) is 16.7. The van der Waals surface area contributed by atoms with Gasteiger partial charge in [-0.1, -0.05) is 5.21 Å². The minimum Gasteiger partial charge on any atom is -0.474 e. The lowest BCUT2D eigenvalue weighted by molar-refractivity contribution is 0.0811. The third-order valence-corrected chi connectivity index (χ3v) is 4.66. The summed E-state index contributed by atoms with van der Waals surface area (Å²) in [6.07, 6.45) is 0. The first-order valence-electron chi connectivity index (χ1n) is 9.27. The molecule has 0 spiro atoms. The minimum atomic E-state index is -1.27. The fourth-order valence-electron chi connectivity index (χ4n) is 3.30. The predicted molar refractivity (Wildman–Crippen MR) is 103 cm³/mol. The number of nitrogens with one attached hydrogen (secondary N) is 1. The highest BCUT2D eigenvalue weighted by molar-refractivity contribution is 5.79. The van der Waals surface area contributed by atoms with Gasteiger partial charge >= 0.3 is 0 Å². The van der Waals surface area contributed by atoms with Crippen molar-refractivity contribution in [3.8, 4) is 17.1 Å². The van der Waals surface area contributed by atoms with Gasteiger partial charge in [-0.25, -0.2) is 13.2 Å². The van der Waals surface area contributed by atoms with Gasteiger partial charge in [0.15, 0.2) is 34.6 Å². The van der Waals surface area contributed by atoms with E-state index in [1.165, 1.54) is 0 Å². The van der Waals surface area contributed by atoms with Gasteiger partial charge in [-0.2, -0.15) is 0 Å². The molecule has 156 valence electrons. The Morgan fingerprint density at radius 2 is 1.70 bits per heavy atom. The van der Waals surface area contributed by atoms with E-state index in [0.717, 1.165) is 11.1 Å². The molecule has 0 unspecified atom stereocenters. The highest BCUT2D eigenvalue weighted by atomic mass is 19.1. The van der Waals surface area contributed by atoms with Crippen LogP contribution in [0.3, 0.4) is 0 Å². The van der Waals surface area contributed by atoms with Crippen molar-refractivity contribution < 1.29 is 17.9 Å². The summed E-state index contributed by atoms with van der Waals surface area (Å²) < 4.78 is 49.0. The van der Waals surface area contributed by atoms with E-state index in [-0.39, 0.29) is 6.04 Å². The van der Waals surface area contributed by atoms with Gasteiger partial charge in [0, 0.05) is 23.7 Å². The van der Waals surface area contributed by atoms with Crippen molar-refractivity contribution in [2.24, 2.45) is 0 Å². The number of rotatable bonds is 5. The zero-order chi connectivity index (χ0) is 21.6. The highest BCUT2D eigenvalue weighted by Crippen LogP contribution is 2.34. The van der Waals surface area contributed by atoms with Gasteiger partial charge in [0.25, 0.3) is 0 Å². The lowest BCUT2D eigenvalue weighted by atomic mass is 10.1. The Morgan fingerprint density at radius 3 is 2.37 bits per heavy atom. The van der Waals surface area contributed by atoms with E-state index in [9.17, 15) is 13.2 Å². The summed E-state index contributed by atoms with van der Waals surface area (Å²) in [6.45, 7) is 7.09. The first-order chi connectivity index (χ1) is 14.2. The van der Waals surface area contributed by atoms with Crippen LogP contribution < -0.4 is 4.74 Å². The first-order valence-corrected chi connectivity index (χ1v) is 9.27. The topological polar surface area (TPSA) is 81.5 Å². The Hall–Kier alpha value is -3.43.